The van der Waals surface area contributed by atoms with Crippen LogP contribution in [0.25, 0.3) is 0 Å². The predicted molar refractivity (Wildman–Crippen MR) is 141 cm³/mol. The first-order valence-electron chi connectivity index (χ1n) is 12.7. The monoisotopic (exact) mass is 480 g/mol. The van der Waals surface area contributed by atoms with Gasteiger partial charge in [0, 0.05) is 11.6 Å². The minimum atomic E-state index is -0.901. The van der Waals surface area contributed by atoms with Gasteiger partial charge in [0.1, 0.15) is 11.4 Å². The second kappa shape index (κ2) is 10.2. The molecule has 0 radical (unpaired) electrons. The lowest BCUT2D eigenvalue weighted by Crippen LogP contribution is -2.50. The predicted octanol–water partition coefficient (Wildman–Crippen LogP) is 5.08. The summed E-state index contributed by atoms with van der Waals surface area (Å²) >= 11 is 0. The smallest absolute Gasteiger partial charge is 0.262 e. The summed E-state index contributed by atoms with van der Waals surface area (Å²) in [5, 5.41) is 14.0. The van der Waals surface area contributed by atoms with Crippen LogP contribution in [0.2, 0.25) is 0 Å². The number of benzene rings is 2. The van der Waals surface area contributed by atoms with Gasteiger partial charge in [0.2, 0.25) is 0 Å². The molecule has 1 heterocycles. The highest BCUT2D eigenvalue weighted by Gasteiger charge is 2.51. The molecule has 2 aliphatic carbocycles. The van der Waals surface area contributed by atoms with Crippen LogP contribution in [0.5, 0.6) is 5.75 Å². The Hall–Kier alpha value is -3.62. The summed E-state index contributed by atoms with van der Waals surface area (Å²) in [7, 11) is 0. The van der Waals surface area contributed by atoms with Gasteiger partial charge in [0.05, 0.1) is 11.9 Å². The molecule has 1 amide bonds. The molecule has 0 spiro atoms. The third kappa shape index (κ3) is 5.01. The summed E-state index contributed by atoms with van der Waals surface area (Å²) < 4.78 is 5.87. The number of anilines is 1. The van der Waals surface area contributed by atoms with Crippen molar-refractivity contribution >= 4 is 11.6 Å². The van der Waals surface area contributed by atoms with Crippen LogP contribution in [-0.4, -0.2) is 28.2 Å². The standard InChI is InChI=1S/C31H32N2O3/c1-2-14-30(35)15-16-31(19-23-7-4-3-5-8-23)25(20-30)11-10-24-18-27(12-13-28(24)31)36-22-29(34)33-26-9-6-17-32-21-26/h3-9,12-13,17-18,21,25,35H,10-11,15-16,19-20,22H2,1H3,(H,33,34)/t25-,30-,31+/m1/s1. The number of ether oxygens (including phenoxy) is 1. The molecular weight excluding hydrogens is 448 g/mol. The molecule has 1 aromatic heterocycles. The van der Waals surface area contributed by atoms with Gasteiger partial charge in [0.15, 0.2) is 6.61 Å². The third-order valence-corrected chi connectivity index (χ3v) is 7.76. The first kappa shape index (κ1) is 24.1. The van der Waals surface area contributed by atoms with E-state index in [2.05, 4.69) is 64.6 Å². The summed E-state index contributed by atoms with van der Waals surface area (Å²) in [5.74, 6) is 6.88. The number of carbonyl (C=O) groups excluding carboxylic acids is 1. The molecule has 0 bridgehead atoms. The van der Waals surface area contributed by atoms with E-state index in [1.807, 2.05) is 6.07 Å². The van der Waals surface area contributed by atoms with E-state index in [0.717, 1.165) is 25.7 Å². The SMILES string of the molecule is CC#C[C@@]1(O)CC[C@@]2(Cc3ccccc3)c3ccc(OCC(=O)Nc4cccnc4)cc3CC[C@@H]2C1. The summed E-state index contributed by atoms with van der Waals surface area (Å²) in [5.41, 5.74) is 3.64. The van der Waals surface area contributed by atoms with E-state index in [9.17, 15) is 9.90 Å². The van der Waals surface area contributed by atoms with Gasteiger partial charge in [0.25, 0.3) is 5.91 Å². The topological polar surface area (TPSA) is 71.5 Å². The molecule has 184 valence electrons. The van der Waals surface area contributed by atoms with E-state index < -0.39 is 5.60 Å². The van der Waals surface area contributed by atoms with Crippen molar-refractivity contribution in [3.8, 4) is 17.6 Å². The fraction of sp³-hybridized carbons (Fsp3) is 0.355. The van der Waals surface area contributed by atoms with E-state index in [1.165, 1.54) is 16.7 Å². The quantitative estimate of drug-likeness (QED) is 0.483. The zero-order valence-electron chi connectivity index (χ0n) is 20.7. The van der Waals surface area contributed by atoms with Gasteiger partial charge in [-0.25, -0.2) is 0 Å². The number of fused-ring (bicyclic) bond motifs is 3. The molecule has 1 fully saturated rings. The summed E-state index contributed by atoms with van der Waals surface area (Å²) in [6.07, 6.45) is 8.39. The number of hydrogen-bond donors (Lipinski definition) is 2. The second-order valence-electron chi connectivity index (χ2n) is 10.1. The normalized spacial score (nSPS) is 24.4. The lowest BCUT2D eigenvalue weighted by Gasteiger charge is -2.52. The minimum absolute atomic E-state index is 0.0488. The van der Waals surface area contributed by atoms with Gasteiger partial charge >= 0.3 is 0 Å². The molecule has 36 heavy (non-hydrogen) atoms. The highest BCUT2D eigenvalue weighted by atomic mass is 16.5. The summed E-state index contributed by atoms with van der Waals surface area (Å²) in [6.45, 7) is 1.74. The lowest BCUT2D eigenvalue weighted by atomic mass is 9.52. The van der Waals surface area contributed by atoms with Crippen LogP contribution in [0.15, 0.2) is 73.1 Å². The number of hydrogen-bond acceptors (Lipinski definition) is 4. The number of pyridine rings is 1. The minimum Gasteiger partial charge on any atom is -0.484 e. The number of carbonyl (C=O) groups is 1. The van der Waals surface area contributed by atoms with Crippen molar-refractivity contribution < 1.29 is 14.6 Å². The van der Waals surface area contributed by atoms with E-state index in [1.54, 1.807) is 31.5 Å². The molecule has 2 aromatic carbocycles. The zero-order valence-corrected chi connectivity index (χ0v) is 20.7. The number of rotatable bonds is 6. The van der Waals surface area contributed by atoms with Gasteiger partial charge in [-0.1, -0.05) is 42.3 Å². The van der Waals surface area contributed by atoms with E-state index in [0.29, 0.717) is 30.2 Å². The van der Waals surface area contributed by atoms with E-state index in [-0.39, 0.29) is 17.9 Å². The molecule has 5 rings (SSSR count). The Morgan fingerprint density at radius 1 is 1.17 bits per heavy atom. The van der Waals surface area contributed by atoms with Crippen molar-refractivity contribution in [3.05, 3.63) is 89.7 Å². The van der Waals surface area contributed by atoms with Crippen LogP contribution in [0.1, 0.15) is 49.3 Å². The summed E-state index contributed by atoms with van der Waals surface area (Å²) in [6, 6.07) is 20.5. The average molecular weight is 481 g/mol. The van der Waals surface area contributed by atoms with Gasteiger partial charge in [-0.15, -0.1) is 5.92 Å². The Morgan fingerprint density at radius 2 is 2.03 bits per heavy atom. The molecular formula is C31H32N2O3. The van der Waals surface area contributed by atoms with Crippen LogP contribution < -0.4 is 10.1 Å². The van der Waals surface area contributed by atoms with Crippen LogP contribution in [-0.2, 0) is 23.1 Å². The van der Waals surface area contributed by atoms with E-state index >= 15 is 0 Å². The maximum atomic E-state index is 12.3. The first-order valence-corrected chi connectivity index (χ1v) is 12.7. The second-order valence-corrected chi connectivity index (χ2v) is 10.1. The van der Waals surface area contributed by atoms with Crippen LogP contribution in [0.3, 0.4) is 0 Å². The molecule has 0 saturated heterocycles. The Kier molecular flexibility index (Phi) is 6.80. The highest BCUT2D eigenvalue weighted by molar-refractivity contribution is 5.91. The van der Waals surface area contributed by atoms with Crippen molar-refractivity contribution in [3.63, 3.8) is 0 Å². The fourth-order valence-corrected chi connectivity index (χ4v) is 6.17. The van der Waals surface area contributed by atoms with Crippen LogP contribution >= 0.6 is 0 Å². The van der Waals surface area contributed by atoms with Crippen molar-refractivity contribution in [2.45, 2.75) is 56.5 Å². The molecule has 3 atom stereocenters. The molecule has 5 heteroatoms. The van der Waals surface area contributed by atoms with Crippen LogP contribution in [0, 0.1) is 17.8 Å². The Labute approximate surface area is 212 Å². The number of aliphatic hydroxyl groups is 1. The molecule has 2 aliphatic rings. The number of aromatic nitrogens is 1. The highest BCUT2D eigenvalue weighted by Crippen LogP contribution is 2.54. The van der Waals surface area contributed by atoms with Crippen molar-refractivity contribution in [2.75, 3.05) is 11.9 Å². The van der Waals surface area contributed by atoms with E-state index in [4.69, 9.17) is 4.74 Å². The lowest BCUT2D eigenvalue weighted by molar-refractivity contribution is -0.118. The van der Waals surface area contributed by atoms with Gasteiger partial charge in [-0.3, -0.25) is 9.78 Å². The Balaban J connectivity index is 1.38. The van der Waals surface area contributed by atoms with Gasteiger partial charge in [-0.05, 0) is 92.3 Å². The maximum absolute atomic E-state index is 12.3. The van der Waals surface area contributed by atoms with Gasteiger partial charge in [-0.2, -0.15) is 0 Å². The summed E-state index contributed by atoms with van der Waals surface area (Å²) in [4.78, 5) is 16.3. The average Bonchev–Trinajstić information content (AvgIpc) is 2.89. The molecule has 1 saturated carbocycles. The Bertz CT molecular complexity index is 1280. The molecule has 0 aliphatic heterocycles. The van der Waals surface area contributed by atoms with Crippen molar-refractivity contribution in [2.24, 2.45) is 5.92 Å². The number of nitrogens with one attached hydrogen (secondary N) is 1. The number of nitrogens with zero attached hydrogens (tertiary/aromatic N) is 1. The number of aryl methyl sites for hydroxylation is 1. The van der Waals surface area contributed by atoms with Crippen LogP contribution in [0.4, 0.5) is 5.69 Å². The van der Waals surface area contributed by atoms with Crippen molar-refractivity contribution in [1.29, 1.82) is 0 Å². The molecule has 2 N–H and O–H groups in total. The largest absolute Gasteiger partial charge is 0.484 e. The first-order chi connectivity index (χ1) is 17.5. The molecule has 0 unspecified atom stereocenters. The maximum Gasteiger partial charge on any atom is 0.262 e. The number of amides is 1. The van der Waals surface area contributed by atoms with Gasteiger partial charge < -0.3 is 15.2 Å². The third-order valence-electron chi connectivity index (χ3n) is 7.76. The molecule has 5 nitrogen and oxygen atoms in total. The fourth-order valence-electron chi connectivity index (χ4n) is 6.17. The zero-order chi connectivity index (χ0) is 25.0. The van der Waals surface area contributed by atoms with Crippen molar-refractivity contribution in [1.82, 2.24) is 4.98 Å². The molecule has 3 aromatic rings. The Morgan fingerprint density at radius 3 is 2.81 bits per heavy atom.